The van der Waals surface area contributed by atoms with E-state index in [2.05, 4.69) is 5.32 Å². The number of hydrogen-bond acceptors (Lipinski definition) is 3. The summed E-state index contributed by atoms with van der Waals surface area (Å²) < 4.78 is 0. The van der Waals surface area contributed by atoms with Crippen LogP contribution in [0.1, 0.15) is 19.3 Å². The second-order valence-electron chi connectivity index (χ2n) is 4.50. The van der Waals surface area contributed by atoms with Crippen LogP contribution < -0.4 is 5.32 Å². The van der Waals surface area contributed by atoms with E-state index in [1.807, 2.05) is 42.3 Å². The Labute approximate surface area is 113 Å². The normalized spacial score (nSPS) is 10.4. The fourth-order valence-corrected chi connectivity index (χ4v) is 1.70. The molecule has 5 nitrogen and oxygen atoms in total. The molecule has 1 aromatic rings. The quantitative estimate of drug-likeness (QED) is 0.703. The van der Waals surface area contributed by atoms with Gasteiger partial charge in [0.1, 0.15) is 0 Å². The molecule has 0 heterocycles. The van der Waals surface area contributed by atoms with Crippen molar-refractivity contribution in [1.29, 1.82) is 0 Å². The Morgan fingerprint density at radius 1 is 1.21 bits per heavy atom. The summed E-state index contributed by atoms with van der Waals surface area (Å²) in [5.74, 6) is -0.837. The van der Waals surface area contributed by atoms with E-state index in [-0.39, 0.29) is 12.3 Å². The van der Waals surface area contributed by atoms with Gasteiger partial charge in [-0.15, -0.1) is 0 Å². The third-order valence-electron chi connectivity index (χ3n) is 2.65. The molecule has 0 saturated carbocycles. The molecule has 0 aliphatic carbocycles. The van der Waals surface area contributed by atoms with E-state index in [0.29, 0.717) is 13.0 Å². The van der Waals surface area contributed by atoms with E-state index in [9.17, 15) is 9.59 Å². The maximum absolute atomic E-state index is 11.7. The van der Waals surface area contributed by atoms with Gasteiger partial charge in [0.25, 0.3) is 0 Å². The molecular formula is C14H20N2O3. The molecule has 1 aromatic carbocycles. The number of amides is 1. The number of aliphatic carboxylic acids is 1. The molecule has 0 saturated heterocycles. The number of nitrogens with one attached hydrogen (secondary N) is 1. The number of para-hydroxylation sites is 1. The lowest BCUT2D eigenvalue weighted by atomic mass is 10.2. The zero-order valence-electron chi connectivity index (χ0n) is 11.1. The number of nitrogens with zero attached hydrogens (tertiary/aromatic N) is 1. The summed E-state index contributed by atoms with van der Waals surface area (Å²) in [6, 6.07) is 9.30. The van der Waals surface area contributed by atoms with Gasteiger partial charge in [0.05, 0.1) is 6.54 Å². The van der Waals surface area contributed by atoms with Crippen LogP contribution in [0.25, 0.3) is 0 Å². The number of carboxylic acid groups (broad SMARTS) is 1. The molecule has 0 aliphatic heterocycles. The summed E-state index contributed by atoms with van der Waals surface area (Å²) in [6.07, 6.45) is 1.60. The number of carbonyl (C=O) groups is 2. The molecule has 19 heavy (non-hydrogen) atoms. The second-order valence-corrected chi connectivity index (χ2v) is 4.50. The highest BCUT2D eigenvalue weighted by Gasteiger charge is 2.06. The largest absolute Gasteiger partial charge is 0.481 e. The molecule has 2 N–H and O–H groups in total. The highest BCUT2D eigenvalue weighted by molar-refractivity contribution is 5.92. The Morgan fingerprint density at radius 2 is 1.89 bits per heavy atom. The van der Waals surface area contributed by atoms with E-state index in [4.69, 9.17) is 5.11 Å². The van der Waals surface area contributed by atoms with Crippen molar-refractivity contribution in [2.75, 3.05) is 25.5 Å². The lowest BCUT2D eigenvalue weighted by Crippen LogP contribution is -2.30. The number of benzene rings is 1. The van der Waals surface area contributed by atoms with Crippen molar-refractivity contribution in [2.45, 2.75) is 19.3 Å². The Morgan fingerprint density at radius 3 is 2.53 bits per heavy atom. The number of hydrogen-bond donors (Lipinski definition) is 2. The fraction of sp³-hybridized carbons (Fsp3) is 0.429. The van der Waals surface area contributed by atoms with Crippen LogP contribution in [-0.4, -0.2) is 42.0 Å². The molecule has 0 radical (unpaired) electrons. The summed E-state index contributed by atoms with van der Waals surface area (Å²) in [5, 5.41) is 11.3. The minimum absolute atomic E-state index is 0.0630. The highest BCUT2D eigenvalue weighted by Crippen LogP contribution is 2.05. The molecule has 0 aliphatic rings. The molecule has 5 heteroatoms. The molecule has 1 rings (SSSR count). The molecule has 0 spiro atoms. The first-order chi connectivity index (χ1) is 9.08. The summed E-state index contributed by atoms with van der Waals surface area (Å²) in [7, 11) is 1.85. The van der Waals surface area contributed by atoms with Crippen molar-refractivity contribution in [3.63, 3.8) is 0 Å². The maximum Gasteiger partial charge on any atom is 0.303 e. The van der Waals surface area contributed by atoms with Gasteiger partial charge in [-0.25, -0.2) is 0 Å². The van der Waals surface area contributed by atoms with E-state index < -0.39 is 5.97 Å². The predicted molar refractivity (Wildman–Crippen MR) is 74.1 cm³/mol. The van der Waals surface area contributed by atoms with Crippen LogP contribution >= 0.6 is 0 Å². The van der Waals surface area contributed by atoms with Crippen molar-refractivity contribution in [3.05, 3.63) is 30.3 Å². The fourth-order valence-electron chi connectivity index (χ4n) is 1.70. The van der Waals surface area contributed by atoms with Crippen LogP contribution in [0.3, 0.4) is 0 Å². The van der Waals surface area contributed by atoms with Gasteiger partial charge in [0.2, 0.25) is 5.91 Å². The molecular weight excluding hydrogens is 244 g/mol. The smallest absolute Gasteiger partial charge is 0.303 e. The van der Waals surface area contributed by atoms with E-state index >= 15 is 0 Å². The molecule has 0 unspecified atom stereocenters. The van der Waals surface area contributed by atoms with Crippen molar-refractivity contribution in [3.8, 4) is 0 Å². The first-order valence-corrected chi connectivity index (χ1v) is 6.33. The Hall–Kier alpha value is -1.88. The van der Waals surface area contributed by atoms with Crippen molar-refractivity contribution < 1.29 is 14.7 Å². The van der Waals surface area contributed by atoms with Crippen molar-refractivity contribution >= 4 is 17.6 Å². The van der Waals surface area contributed by atoms with E-state index in [1.165, 1.54) is 0 Å². The van der Waals surface area contributed by atoms with Crippen LogP contribution in [0.4, 0.5) is 5.69 Å². The molecule has 0 fully saturated rings. The highest BCUT2D eigenvalue weighted by atomic mass is 16.4. The van der Waals surface area contributed by atoms with Gasteiger partial charge in [-0.05, 0) is 38.6 Å². The van der Waals surface area contributed by atoms with Gasteiger partial charge in [-0.3, -0.25) is 14.5 Å². The number of carbonyl (C=O) groups excluding carboxylic acids is 1. The molecule has 0 atom stereocenters. The van der Waals surface area contributed by atoms with Crippen LogP contribution in [-0.2, 0) is 9.59 Å². The summed E-state index contributed by atoms with van der Waals surface area (Å²) >= 11 is 0. The van der Waals surface area contributed by atoms with Gasteiger partial charge >= 0.3 is 5.97 Å². The predicted octanol–water partition coefficient (Wildman–Crippen LogP) is 1.81. The minimum Gasteiger partial charge on any atom is -0.481 e. The van der Waals surface area contributed by atoms with Crippen molar-refractivity contribution in [1.82, 2.24) is 4.90 Å². The zero-order valence-corrected chi connectivity index (χ0v) is 11.1. The van der Waals surface area contributed by atoms with Gasteiger partial charge < -0.3 is 10.4 Å². The lowest BCUT2D eigenvalue weighted by molar-refractivity contribution is -0.137. The molecule has 104 valence electrons. The number of unbranched alkanes of at least 4 members (excludes halogenated alkanes) is 1. The summed E-state index contributed by atoms with van der Waals surface area (Å²) in [6.45, 7) is 1.03. The van der Waals surface area contributed by atoms with Gasteiger partial charge in [0.15, 0.2) is 0 Å². The SMILES string of the molecule is CN(CCCCC(=O)O)CC(=O)Nc1ccccc1. The first-order valence-electron chi connectivity index (χ1n) is 6.33. The topological polar surface area (TPSA) is 69.6 Å². The number of rotatable bonds is 8. The van der Waals surface area contributed by atoms with Crippen LogP contribution in [0.5, 0.6) is 0 Å². The van der Waals surface area contributed by atoms with E-state index in [0.717, 1.165) is 18.7 Å². The minimum atomic E-state index is -0.774. The summed E-state index contributed by atoms with van der Waals surface area (Å²) in [5.41, 5.74) is 0.784. The average Bonchev–Trinajstić information content (AvgIpc) is 2.35. The summed E-state index contributed by atoms with van der Waals surface area (Å²) in [4.78, 5) is 24.0. The van der Waals surface area contributed by atoms with E-state index in [1.54, 1.807) is 0 Å². The Balaban J connectivity index is 2.19. The third kappa shape index (κ3) is 7.21. The average molecular weight is 264 g/mol. The Kier molecular flexibility index (Phi) is 6.60. The van der Waals surface area contributed by atoms with Gasteiger partial charge in [-0.2, -0.15) is 0 Å². The number of likely N-dealkylation sites (N-methyl/N-ethyl adjacent to an activating group) is 1. The van der Waals surface area contributed by atoms with Gasteiger partial charge in [0, 0.05) is 12.1 Å². The first kappa shape index (κ1) is 15.2. The molecule has 0 aromatic heterocycles. The van der Waals surface area contributed by atoms with Crippen molar-refractivity contribution in [2.24, 2.45) is 0 Å². The van der Waals surface area contributed by atoms with Gasteiger partial charge in [-0.1, -0.05) is 18.2 Å². The van der Waals surface area contributed by atoms with Crippen LogP contribution in [0, 0.1) is 0 Å². The molecule has 1 amide bonds. The maximum atomic E-state index is 11.7. The monoisotopic (exact) mass is 264 g/mol. The standard InChI is InChI=1S/C14H20N2O3/c1-16(10-6-5-9-14(18)19)11-13(17)15-12-7-3-2-4-8-12/h2-4,7-8H,5-6,9-11H2,1H3,(H,15,17)(H,18,19). The third-order valence-corrected chi connectivity index (χ3v) is 2.65. The number of carboxylic acids is 1. The number of anilines is 1. The zero-order chi connectivity index (χ0) is 14.1. The van der Waals surface area contributed by atoms with Crippen LogP contribution in [0.15, 0.2) is 30.3 Å². The molecule has 0 bridgehead atoms. The Bertz CT molecular complexity index is 406. The second kappa shape index (κ2) is 8.26. The lowest BCUT2D eigenvalue weighted by Gasteiger charge is -2.15. The van der Waals surface area contributed by atoms with Crippen LogP contribution in [0.2, 0.25) is 0 Å².